The van der Waals surface area contributed by atoms with Crippen molar-refractivity contribution in [3.05, 3.63) is 212 Å². The SMILES string of the molecule is c1ccc(-n2c3ccccc3c3cccc(-c4nc(-c5ccc6ccccc6c5)nc(-c5c(-n6c7ccccc7c7cc8ccccc8cc76)ccc6ccccc56)n4)c32)cc1. The molecule has 0 saturated carbocycles. The van der Waals surface area contributed by atoms with Crippen molar-refractivity contribution in [2.45, 2.75) is 0 Å². The number of aromatic nitrogens is 5. The lowest BCUT2D eigenvalue weighted by atomic mass is 10.0. The fourth-order valence-electron chi connectivity index (χ4n) is 9.71. The molecule has 0 amide bonds. The Bertz CT molecular complexity index is 3930. The lowest BCUT2D eigenvalue weighted by Crippen LogP contribution is -2.05. The number of hydrogen-bond acceptors (Lipinski definition) is 3. The molecule has 13 rings (SSSR count). The summed E-state index contributed by atoms with van der Waals surface area (Å²) in [7, 11) is 0. The molecule has 288 valence electrons. The smallest absolute Gasteiger partial charge is 0.166 e. The quantitative estimate of drug-likeness (QED) is 0.174. The average Bonchev–Trinajstić information content (AvgIpc) is 3.85. The lowest BCUT2D eigenvalue weighted by Gasteiger charge is -2.17. The molecule has 0 aliphatic carbocycles. The average molecular weight is 790 g/mol. The second-order valence-electron chi connectivity index (χ2n) is 16.0. The Labute approximate surface area is 356 Å². The fourth-order valence-corrected chi connectivity index (χ4v) is 9.71. The van der Waals surface area contributed by atoms with Gasteiger partial charge in [0.25, 0.3) is 0 Å². The summed E-state index contributed by atoms with van der Waals surface area (Å²) in [4.78, 5) is 16.5. The van der Waals surface area contributed by atoms with Crippen LogP contribution in [0, 0.1) is 0 Å². The monoisotopic (exact) mass is 789 g/mol. The van der Waals surface area contributed by atoms with Crippen molar-refractivity contribution in [2.75, 3.05) is 0 Å². The number of nitrogens with zero attached hydrogens (tertiary/aromatic N) is 5. The van der Waals surface area contributed by atoms with E-state index in [0.717, 1.165) is 77.1 Å². The fraction of sp³-hybridized carbons (Fsp3) is 0. The van der Waals surface area contributed by atoms with Crippen LogP contribution in [0.5, 0.6) is 0 Å². The van der Waals surface area contributed by atoms with Crippen LogP contribution in [-0.2, 0) is 0 Å². The maximum Gasteiger partial charge on any atom is 0.166 e. The van der Waals surface area contributed by atoms with Crippen LogP contribution in [0.3, 0.4) is 0 Å². The standard InChI is InChI=1S/C57H35N5/c1-2-20-42(21-3-1)61-49-27-12-10-23-44(49)46-25-14-26-47(54(46)61)56-58-55(41-30-29-36-15-4-5-17-38(36)33-41)59-57(60-56)53-43-22-9-8-16-37(43)31-32-51(53)62-50-28-13-11-24-45(50)48-34-39-18-6-7-19-40(39)35-52(48)62/h1-35H. The first-order valence-electron chi connectivity index (χ1n) is 21.0. The Morgan fingerprint density at radius 1 is 0.306 bits per heavy atom. The van der Waals surface area contributed by atoms with Crippen LogP contribution in [0.2, 0.25) is 0 Å². The third-order valence-corrected chi connectivity index (χ3v) is 12.5. The predicted octanol–water partition coefficient (Wildman–Crippen LogP) is 14.5. The van der Waals surface area contributed by atoms with E-state index < -0.39 is 0 Å². The van der Waals surface area contributed by atoms with Gasteiger partial charge in [-0.25, -0.2) is 15.0 Å². The van der Waals surface area contributed by atoms with Gasteiger partial charge in [-0.05, 0) is 86.9 Å². The highest BCUT2D eigenvalue weighted by atomic mass is 15.1. The minimum Gasteiger partial charge on any atom is -0.309 e. The van der Waals surface area contributed by atoms with E-state index in [9.17, 15) is 0 Å². The van der Waals surface area contributed by atoms with Crippen LogP contribution in [0.15, 0.2) is 212 Å². The molecule has 0 spiro atoms. The molecule has 0 fully saturated rings. The van der Waals surface area contributed by atoms with Gasteiger partial charge in [-0.15, -0.1) is 0 Å². The molecule has 0 saturated heterocycles. The summed E-state index contributed by atoms with van der Waals surface area (Å²) in [5.74, 6) is 1.83. The van der Waals surface area contributed by atoms with Crippen LogP contribution < -0.4 is 0 Å². The van der Waals surface area contributed by atoms with Gasteiger partial charge in [0.2, 0.25) is 0 Å². The zero-order valence-electron chi connectivity index (χ0n) is 33.4. The van der Waals surface area contributed by atoms with Crippen molar-refractivity contribution < 1.29 is 0 Å². The van der Waals surface area contributed by atoms with E-state index >= 15 is 0 Å². The molecule has 0 N–H and O–H groups in total. The third kappa shape index (κ3) is 5.25. The molecule has 62 heavy (non-hydrogen) atoms. The lowest BCUT2D eigenvalue weighted by molar-refractivity contribution is 1.07. The molecule has 0 bridgehead atoms. The molecule has 0 radical (unpaired) electrons. The summed E-state index contributed by atoms with van der Waals surface area (Å²) in [6.07, 6.45) is 0. The summed E-state index contributed by atoms with van der Waals surface area (Å²) in [6, 6.07) is 75.7. The van der Waals surface area contributed by atoms with Crippen LogP contribution >= 0.6 is 0 Å². The summed E-state index contributed by atoms with van der Waals surface area (Å²) >= 11 is 0. The van der Waals surface area contributed by atoms with Gasteiger partial charge in [0.05, 0.1) is 33.3 Å². The van der Waals surface area contributed by atoms with Gasteiger partial charge in [-0.2, -0.15) is 0 Å². The van der Waals surface area contributed by atoms with Gasteiger partial charge in [-0.1, -0.05) is 158 Å². The van der Waals surface area contributed by atoms with Crippen molar-refractivity contribution in [3.63, 3.8) is 0 Å². The Balaban J connectivity index is 1.16. The molecule has 3 heterocycles. The highest BCUT2D eigenvalue weighted by Gasteiger charge is 2.24. The molecular weight excluding hydrogens is 755 g/mol. The van der Waals surface area contributed by atoms with E-state index in [2.05, 4.69) is 221 Å². The van der Waals surface area contributed by atoms with Crippen LogP contribution in [-0.4, -0.2) is 24.1 Å². The summed E-state index contributed by atoms with van der Waals surface area (Å²) in [5.41, 5.74) is 9.30. The van der Waals surface area contributed by atoms with E-state index in [1.807, 2.05) is 0 Å². The normalized spacial score (nSPS) is 11.9. The Morgan fingerprint density at radius 3 is 1.66 bits per heavy atom. The maximum atomic E-state index is 5.60. The predicted molar refractivity (Wildman–Crippen MR) is 257 cm³/mol. The first-order valence-corrected chi connectivity index (χ1v) is 21.0. The Morgan fingerprint density at radius 2 is 0.871 bits per heavy atom. The van der Waals surface area contributed by atoms with Crippen molar-refractivity contribution >= 4 is 75.9 Å². The topological polar surface area (TPSA) is 48.5 Å². The molecule has 13 aromatic rings. The van der Waals surface area contributed by atoms with E-state index in [-0.39, 0.29) is 0 Å². The van der Waals surface area contributed by atoms with Crippen LogP contribution in [0.25, 0.3) is 121 Å². The molecule has 0 aliphatic rings. The summed E-state index contributed by atoms with van der Waals surface area (Å²) in [5, 5.41) is 11.6. The first kappa shape index (κ1) is 34.5. The van der Waals surface area contributed by atoms with E-state index in [4.69, 9.17) is 15.0 Å². The van der Waals surface area contributed by atoms with Crippen LogP contribution in [0.4, 0.5) is 0 Å². The molecule has 0 unspecified atom stereocenters. The Hall–Kier alpha value is -8.41. The minimum absolute atomic E-state index is 0.607. The highest BCUT2D eigenvalue weighted by molar-refractivity contribution is 6.16. The summed E-state index contributed by atoms with van der Waals surface area (Å²) < 4.78 is 4.76. The molecule has 3 aromatic heterocycles. The molecule has 5 nitrogen and oxygen atoms in total. The molecule has 10 aromatic carbocycles. The molecular formula is C57H35N5. The number of hydrogen-bond donors (Lipinski definition) is 0. The molecule has 5 heteroatoms. The van der Waals surface area contributed by atoms with Gasteiger partial charge < -0.3 is 9.13 Å². The van der Waals surface area contributed by atoms with Crippen molar-refractivity contribution in [2.24, 2.45) is 0 Å². The zero-order valence-corrected chi connectivity index (χ0v) is 33.4. The van der Waals surface area contributed by atoms with Gasteiger partial charge in [0.15, 0.2) is 17.5 Å². The van der Waals surface area contributed by atoms with Gasteiger partial charge in [0, 0.05) is 38.4 Å². The number of para-hydroxylation sites is 4. The Kier molecular flexibility index (Phi) is 7.54. The summed E-state index contributed by atoms with van der Waals surface area (Å²) in [6.45, 7) is 0. The van der Waals surface area contributed by atoms with Crippen molar-refractivity contribution in [1.82, 2.24) is 24.1 Å². The van der Waals surface area contributed by atoms with Crippen molar-refractivity contribution in [3.8, 4) is 45.5 Å². The molecule has 0 aliphatic heterocycles. The number of fused-ring (bicyclic) bond motifs is 9. The maximum absolute atomic E-state index is 5.60. The van der Waals surface area contributed by atoms with Crippen LogP contribution in [0.1, 0.15) is 0 Å². The van der Waals surface area contributed by atoms with Gasteiger partial charge in [-0.3, -0.25) is 0 Å². The highest BCUT2D eigenvalue weighted by Crippen LogP contribution is 2.42. The number of rotatable bonds is 5. The minimum atomic E-state index is 0.607. The van der Waals surface area contributed by atoms with E-state index in [0.29, 0.717) is 17.5 Å². The first-order chi connectivity index (χ1) is 30.7. The van der Waals surface area contributed by atoms with Gasteiger partial charge in [0.1, 0.15) is 0 Å². The zero-order chi connectivity index (χ0) is 40.7. The molecule has 0 atom stereocenters. The second kappa shape index (κ2) is 13.6. The van der Waals surface area contributed by atoms with E-state index in [1.165, 1.54) is 26.9 Å². The van der Waals surface area contributed by atoms with Crippen molar-refractivity contribution in [1.29, 1.82) is 0 Å². The van der Waals surface area contributed by atoms with E-state index in [1.54, 1.807) is 0 Å². The van der Waals surface area contributed by atoms with Gasteiger partial charge >= 0.3 is 0 Å². The largest absolute Gasteiger partial charge is 0.309 e. The second-order valence-corrected chi connectivity index (χ2v) is 16.0. The third-order valence-electron chi connectivity index (χ3n) is 12.5. The number of benzene rings is 10.